The van der Waals surface area contributed by atoms with Crippen molar-refractivity contribution < 1.29 is 23.8 Å². The standard InChI is InChI=1S/C20H17ClN2O5/c1-26-16-6-4-14(21)9-15(16)23-11-13(8-19(23)24)20(25)28-17-5-3-12(10-22)7-18(17)27-2/h3-7,9,13H,8,11H2,1-2H3. The molecule has 0 spiro atoms. The summed E-state index contributed by atoms with van der Waals surface area (Å²) < 4.78 is 15.9. The summed E-state index contributed by atoms with van der Waals surface area (Å²) in [6, 6.07) is 11.4. The van der Waals surface area contributed by atoms with Crippen molar-refractivity contribution in [3.05, 3.63) is 47.0 Å². The second-order valence-electron chi connectivity index (χ2n) is 6.12. The van der Waals surface area contributed by atoms with E-state index in [1.807, 2.05) is 6.07 Å². The molecule has 0 radical (unpaired) electrons. The zero-order chi connectivity index (χ0) is 20.3. The lowest BCUT2D eigenvalue weighted by atomic mass is 10.1. The van der Waals surface area contributed by atoms with Crippen LogP contribution < -0.4 is 19.1 Å². The molecule has 0 N–H and O–H groups in total. The molecule has 1 unspecified atom stereocenters. The van der Waals surface area contributed by atoms with Gasteiger partial charge >= 0.3 is 5.97 Å². The van der Waals surface area contributed by atoms with E-state index in [4.69, 9.17) is 31.1 Å². The van der Waals surface area contributed by atoms with Gasteiger partial charge < -0.3 is 19.1 Å². The molecular formula is C20H17ClN2O5. The van der Waals surface area contributed by atoms with E-state index in [0.29, 0.717) is 22.0 Å². The fraction of sp³-hybridized carbons (Fsp3) is 0.250. The molecule has 1 atom stereocenters. The predicted octanol–water partition coefficient (Wildman–Crippen LogP) is 3.19. The van der Waals surface area contributed by atoms with Crippen molar-refractivity contribution in [2.75, 3.05) is 25.7 Å². The van der Waals surface area contributed by atoms with E-state index >= 15 is 0 Å². The lowest BCUT2D eigenvalue weighted by Crippen LogP contribution is -2.27. The van der Waals surface area contributed by atoms with E-state index in [2.05, 4.69) is 0 Å². The van der Waals surface area contributed by atoms with E-state index in [1.54, 1.807) is 18.2 Å². The quantitative estimate of drug-likeness (QED) is 0.565. The van der Waals surface area contributed by atoms with Crippen molar-refractivity contribution in [3.63, 3.8) is 0 Å². The Morgan fingerprint density at radius 1 is 1.14 bits per heavy atom. The second kappa shape index (κ2) is 8.19. The Hall–Kier alpha value is -3.24. The number of methoxy groups -OCH3 is 2. The van der Waals surface area contributed by atoms with Crippen molar-refractivity contribution in [3.8, 4) is 23.3 Å². The summed E-state index contributed by atoms with van der Waals surface area (Å²) in [5, 5.41) is 9.41. The monoisotopic (exact) mass is 400 g/mol. The maximum absolute atomic E-state index is 12.6. The second-order valence-corrected chi connectivity index (χ2v) is 6.56. The highest BCUT2D eigenvalue weighted by Crippen LogP contribution is 2.36. The summed E-state index contributed by atoms with van der Waals surface area (Å²) in [6.45, 7) is 0.146. The van der Waals surface area contributed by atoms with Gasteiger partial charge in [0, 0.05) is 24.1 Å². The van der Waals surface area contributed by atoms with Crippen LogP contribution in [0.15, 0.2) is 36.4 Å². The van der Waals surface area contributed by atoms with E-state index in [1.165, 1.54) is 37.3 Å². The number of ether oxygens (including phenoxy) is 3. The Balaban J connectivity index is 1.78. The lowest BCUT2D eigenvalue weighted by molar-refractivity contribution is -0.139. The Bertz CT molecular complexity index is 970. The third-order valence-corrected chi connectivity index (χ3v) is 4.63. The Kier molecular flexibility index (Phi) is 5.71. The number of carbonyl (C=O) groups is 2. The molecule has 0 aliphatic carbocycles. The SMILES string of the molecule is COc1cc(C#N)ccc1OC(=O)C1CC(=O)N(c2cc(Cl)ccc2OC)C1. The van der Waals surface area contributed by atoms with Crippen LogP contribution in [0.1, 0.15) is 12.0 Å². The third kappa shape index (κ3) is 3.87. The molecule has 8 heteroatoms. The van der Waals surface area contributed by atoms with Gasteiger partial charge in [0.2, 0.25) is 5.91 Å². The normalized spacial score (nSPS) is 15.9. The van der Waals surface area contributed by atoms with E-state index in [9.17, 15) is 9.59 Å². The fourth-order valence-electron chi connectivity index (χ4n) is 2.99. The van der Waals surface area contributed by atoms with E-state index in [-0.39, 0.29) is 30.4 Å². The van der Waals surface area contributed by atoms with Crippen LogP contribution in [0, 0.1) is 17.2 Å². The molecule has 1 fully saturated rings. The summed E-state index contributed by atoms with van der Waals surface area (Å²) in [7, 11) is 2.91. The minimum Gasteiger partial charge on any atom is -0.495 e. The number of hydrogen-bond acceptors (Lipinski definition) is 6. The van der Waals surface area contributed by atoms with Crippen LogP contribution in [-0.4, -0.2) is 32.6 Å². The topological polar surface area (TPSA) is 88.9 Å². The minimum absolute atomic E-state index is 0.00704. The van der Waals surface area contributed by atoms with Crippen LogP contribution in [0.3, 0.4) is 0 Å². The molecule has 1 aliphatic rings. The van der Waals surface area contributed by atoms with Gasteiger partial charge in [0.05, 0.1) is 37.5 Å². The number of amides is 1. The van der Waals surface area contributed by atoms with Gasteiger partial charge in [-0.25, -0.2) is 0 Å². The van der Waals surface area contributed by atoms with Crippen molar-refractivity contribution in [1.82, 2.24) is 0 Å². The van der Waals surface area contributed by atoms with Crippen LogP contribution >= 0.6 is 11.6 Å². The predicted molar refractivity (Wildman–Crippen MR) is 102 cm³/mol. The lowest BCUT2D eigenvalue weighted by Gasteiger charge is -2.19. The molecule has 0 saturated carbocycles. The van der Waals surface area contributed by atoms with Crippen molar-refractivity contribution in [1.29, 1.82) is 5.26 Å². The number of benzene rings is 2. The molecule has 2 aromatic rings. The average Bonchev–Trinajstić information content (AvgIpc) is 3.09. The van der Waals surface area contributed by atoms with Gasteiger partial charge in [-0.2, -0.15) is 5.26 Å². The first-order chi connectivity index (χ1) is 13.5. The fourth-order valence-corrected chi connectivity index (χ4v) is 3.15. The molecule has 144 valence electrons. The zero-order valence-electron chi connectivity index (χ0n) is 15.3. The van der Waals surface area contributed by atoms with Crippen molar-refractivity contribution >= 4 is 29.2 Å². The van der Waals surface area contributed by atoms with Gasteiger partial charge in [-0.15, -0.1) is 0 Å². The number of nitrogens with zero attached hydrogens (tertiary/aromatic N) is 2. The molecule has 0 aromatic heterocycles. The summed E-state index contributed by atoms with van der Waals surface area (Å²) in [5.41, 5.74) is 0.887. The summed E-state index contributed by atoms with van der Waals surface area (Å²) in [5.74, 6) is -0.492. The third-order valence-electron chi connectivity index (χ3n) is 4.39. The molecule has 1 aliphatic heterocycles. The van der Waals surface area contributed by atoms with Gasteiger partial charge in [-0.3, -0.25) is 9.59 Å². The van der Waals surface area contributed by atoms with Crippen LogP contribution in [0.25, 0.3) is 0 Å². The number of anilines is 1. The van der Waals surface area contributed by atoms with Crippen LogP contribution in [0.4, 0.5) is 5.69 Å². The Morgan fingerprint density at radius 3 is 2.54 bits per heavy atom. The summed E-state index contributed by atoms with van der Waals surface area (Å²) in [4.78, 5) is 26.6. The number of nitriles is 1. The van der Waals surface area contributed by atoms with Crippen molar-refractivity contribution in [2.24, 2.45) is 5.92 Å². The smallest absolute Gasteiger partial charge is 0.316 e. The molecule has 1 heterocycles. The van der Waals surface area contributed by atoms with Gasteiger partial charge in [-0.05, 0) is 30.3 Å². The molecule has 1 saturated heterocycles. The van der Waals surface area contributed by atoms with E-state index < -0.39 is 11.9 Å². The van der Waals surface area contributed by atoms with Crippen LogP contribution in [0.5, 0.6) is 17.2 Å². The maximum atomic E-state index is 12.6. The number of carbonyl (C=O) groups excluding carboxylic acids is 2. The summed E-state index contributed by atoms with van der Waals surface area (Å²) in [6.07, 6.45) is 0.00704. The number of rotatable bonds is 5. The Labute approximate surface area is 167 Å². The largest absolute Gasteiger partial charge is 0.495 e. The van der Waals surface area contributed by atoms with Gasteiger partial charge in [0.1, 0.15) is 5.75 Å². The molecular weight excluding hydrogens is 384 g/mol. The number of halogens is 1. The highest BCUT2D eigenvalue weighted by Gasteiger charge is 2.37. The molecule has 28 heavy (non-hydrogen) atoms. The summed E-state index contributed by atoms with van der Waals surface area (Å²) >= 11 is 6.04. The van der Waals surface area contributed by atoms with Gasteiger partial charge in [-0.1, -0.05) is 11.6 Å². The van der Waals surface area contributed by atoms with Crippen LogP contribution in [0.2, 0.25) is 5.02 Å². The highest BCUT2D eigenvalue weighted by molar-refractivity contribution is 6.31. The minimum atomic E-state index is -0.656. The molecule has 1 amide bonds. The molecule has 0 bridgehead atoms. The first-order valence-electron chi connectivity index (χ1n) is 8.40. The first kappa shape index (κ1) is 19.5. The molecule has 2 aromatic carbocycles. The number of hydrogen-bond donors (Lipinski definition) is 0. The van der Waals surface area contributed by atoms with Crippen molar-refractivity contribution in [2.45, 2.75) is 6.42 Å². The molecule has 7 nitrogen and oxygen atoms in total. The van der Waals surface area contributed by atoms with Crippen LogP contribution in [-0.2, 0) is 9.59 Å². The van der Waals surface area contributed by atoms with E-state index in [0.717, 1.165) is 0 Å². The van der Waals surface area contributed by atoms with Gasteiger partial charge in [0.15, 0.2) is 11.5 Å². The van der Waals surface area contributed by atoms with Gasteiger partial charge in [0.25, 0.3) is 0 Å². The average molecular weight is 401 g/mol. The number of esters is 1. The maximum Gasteiger partial charge on any atom is 0.316 e. The molecule has 3 rings (SSSR count). The Morgan fingerprint density at radius 2 is 1.86 bits per heavy atom. The zero-order valence-corrected chi connectivity index (χ0v) is 16.0. The first-order valence-corrected chi connectivity index (χ1v) is 8.78. The highest BCUT2D eigenvalue weighted by atomic mass is 35.5.